The maximum absolute atomic E-state index is 2.56. The van der Waals surface area contributed by atoms with E-state index in [1.54, 1.807) is 0 Å². The summed E-state index contributed by atoms with van der Waals surface area (Å²) in [6, 6.07) is 49.9. The van der Waals surface area contributed by atoms with Crippen molar-refractivity contribution in [1.82, 2.24) is 0 Å². The quantitative estimate of drug-likeness (QED) is 0.176. The summed E-state index contributed by atoms with van der Waals surface area (Å²) in [6.45, 7) is 4.80. The van der Waals surface area contributed by atoms with Crippen molar-refractivity contribution >= 4 is 54.5 Å². The fourth-order valence-corrected chi connectivity index (χ4v) is 10.2. The largest absolute Gasteiger partial charge is 0.310 e. The molecular weight excluding hydrogens is 635 g/mol. The Kier molecular flexibility index (Phi) is 7.05. The van der Waals surface area contributed by atoms with Gasteiger partial charge in [0.15, 0.2) is 0 Å². The van der Waals surface area contributed by atoms with E-state index in [1.807, 2.05) is 11.3 Å². The monoisotopic (exact) mass is 673 g/mol. The Morgan fingerprint density at radius 3 is 2.37 bits per heavy atom. The molecule has 246 valence electrons. The first kappa shape index (κ1) is 30.4. The van der Waals surface area contributed by atoms with Crippen LogP contribution in [0.2, 0.25) is 0 Å². The highest BCUT2D eigenvalue weighted by atomic mass is 32.1. The predicted molar refractivity (Wildman–Crippen MR) is 219 cm³/mol. The van der Waals surface area contributed by atoms with Gasteiger partial charge < -0.3 is 4.90 Å². The highest BCUT2D eigenvalue weighted by molar-refractivity contribution is 7.26. The van der Waals surface area contributed by atoms with Crippen molar-refractivity contribution in [2.45, 2.75) is 44.4 Å². The molecule has 0 N–H and O–H groups in total. The molecule has 1 aromatic heterocycles. The van der Waals surface area contributed by atoms with Crippen molar-refractivity contribution < 1.29 is 0 Å². The molecule has 0 amide bonds. The molecule has 0 saturated heterocycles. The number of nitrogens with zero attached hydrogens (tertiary/aromatic N) is 1. The summed E-state index contributed by atoms with van der Waals surface area (Å²) in [5.41, 5.74) is 15.9. The van der Waals surface area contributed by atoms with Gasteiger partial charge in [-0.05, 0) is 88.6 Å². The molecule has 1 unspecified atom stereocenters. The van der Waals surface area contributed by atoms with Crippen LogP contribution in [0.1, 0.15) is 66.0 Å². The van der Waals surface area contributed by atoms with Gasteiger partial charge in [0, 0.05) is 54.0 Å². The fraction of sp³-hybridized carbons (Fsp3) is 0.143. The van der Waals surface area contributed by atoms with Crippen LogP contribution >= 0.6 is 11.3 Å². The van der Waals surface area contributed by atoms with Gasteiger partial charge in [-0.1, -0.05) is 141 Å². The van der Waals surface area contributed by atoms with Crippen molar-refractivity contribution in [2.24, 2.45) is 0 Å². The molecule has 0 radical (unpaired) electrons. The summed E-state index contributed by atoms with van der Waals surface area (Å²) in [5.74, 6) is 0.256. The molecule has 0 spiro atoms. The Morgan fingerprint density at radius 1 is 0.725 bits per heavy atom. The Bertz CT molecular complexity index is 2580. The zero-order valence-corrected chi connectivity index (χ0v) is 29.9. The lowest BCUT2D eigenvalue weighted by Crippen LogP contribution is -2.21. The first-order valence-electron chi connectivity index (χ1n) is 18.3. The average Bonchev–Trinajstić information content (AvgIpc) is 3.67. The first-order valence-corrected chi connectivity index (χ1v) is 19.1. The Morgan fingerprint density at radius 2 is 1.51 bits per heavy atom. The second-order valence-corrected chi connectivity index (χ2v) is 15.8. The van der Waals surface area contributed by atoms with Crippen LogP contribution in [0.15, 0.2) is 157 Å². The van der Waals surface area contributed by atoms with E-state index in [-0.39, 0.29) is 11.3 Å². The standard InChI is InChI=1S/C49H39NS/c1-49(2)43-26-24-37(31-42(43)47-44(49)27-25-41-40-21-11-12-23-46(40)51-48(41)47)50(45-22-13-19-34-18-9-10-20-39(34)45)38-29-35(32-14-5-3-6-15-32)28-36(30-38)33-16-7-4-8-17-33/h3-8,10-17,19-27,29-31,35H,9,18,28H2,1-2H3. The van der Waals surface area contributed by atoms with Gasteiger partial charge in [0.25, 0.3) is 0 Å². The first-order chi connectivity index (χ1) is 25.0. The third-order valence-electron chi connectivity index (χ3n) is 11.5. The average molecular weight is 674 g/mol. The van der Waals surface area contributed by atoms with Crippen LogP contribution in [-0.2, 0) is 11.8 Å². The summed E-state index contributed by atoms with van der Waals surface area (Å²) in [7, 11) is 0. The maximum Gasteiger partial charge on any atom is 0.0536 e. The second-order valence-electron chi connectivity index (χ2n) is 14.8. The molecule has 3 aliphatic carbocycles. The van der Waals surface area contributed by atoms with E-state index in [1.165, 1.54) is 87.3 Å². The number of thiophene rings is 1. The highest BCUT2D eigenvalue weighted by Gasteiger charge is 2.38. The van der Waals surface area contributed by atoms with Crippen LogP contribution in [0.3, 0.4) is 0 Å². The van der Waals surface area contributed by atoms with Gasteiger partial charge >= 0.3 is 0 Å². The fourth-order valence-electron chi connectivity index (χ4n) is 8.91. The van der Waals surface area contributed by atoms with Crippen molar-refractivity contribution in [2.75, 3.05) is 4.90 Å². The third-order valence-corrected chi connectivity index (χ3v) is 12.7. The normalized spacial score (nSPS) is 17.1. The van der Waals surface area contributed by atoms with Crippen molar-refractivity contribution in [3.8, 4) is 11.1 Å². The minimum atomic E-state index is -0.0874. The van der Waals surface area contributed by atoms with Gasteiger partial charge in [-0.3, -0.25) is 0 Å². The molecule has 0 fully saturated rings. The molecule has 0 bridgehead atoms. The van der Waals surface area contributed by atoms with Crippen LogP contribution in [0, 0.1) is 0 Å². The van der Waals surface area contributed by atoms with E-state index in [0.29, 0.717) is 0 Å². The predicted octanol–water partition coefficient (Wildman–Crippen LogP) is 13.6. The molecule has 1 atom stereocenters. The summed E-state index contributed by atoms with van der Waals surface area (Å²) in [6.07, 6.45) is 12.8. The van der Waals surface area contributed by atoms with E-state index < -0.39 is 0 Å². The smallest absolute Gasteiger partial charge is 0.0536 e. The van der Waals surface area contributed by atoms with Crippen molar-refractivity contribution in [1.29, 1.82) is 0 Å². The minimum absolute atomic E-state index is 0.0874. The van der Waals surface area contributed by atoms with Crippen LogP contribution in [-0.4, -0.2) is 0 Å². The third kappa shape index (κ3) is 4.88. The van der Waals surface area contributed by atoms with Gasteiger partial charge in [0.05, 0.1) is 5.69 Å². The molecule has 51 heavy (non-hydrogen) atoms. The molecule has 2 heteroatoms. The van der Waals surface area contributed by atoms with Crippen LogP contribution in [0.5, 0.6) is 0 Å². The molecular formula is C49H39NS. The van der Waals surface area contributed by atoms with Gasteiger partial charge in [-0.25, -0.2) is 0 Å². The van der Waals surface area contributed by atoms with E-state index in [9.17, 15) is 0 Å². The number of anilines is 2. The maximum atomic E-state index is 2.56. The van der Waals surface area contributed by atoms with Crippen LogP contribution < -0.4 is 4.90 Å². The topological polar surface area (TPSA) is 3.24 Å². The molecule has 10 rings (SSSR count). The van der Waals surface area contributed by atoms with Crippen LogP contribution in [0.4, 0.5) is 11.4 Å². The lowest BCUT2D eigenvalue weighted by atomic mass is 9.82. The highest BCUT2D eigenvalue weighted by Crippen LogP contribution is 2.55. The summed E-state index contributed by atoms with van der Waals surface area (Å²) >= 11 is 1.94. The lowest BCUT2D eigenvalue weighted by Gasteiger charge is -2.34. The van der Waals surface area contributed by atoms with Crippen molar-refractivity contribution in [3.05, 3.63) is 191 Å². The molecule has 0 aliphatic heterocycles. The van der Waals surface area contributed by atoms with Gasteiger partial charge in [-0.15, -0.1) is 11.3 Å². The number of benzene rings is 6. The zero-order chi connectivity index (χ0) is 34.1. The Labute approximate surface area is 304 Å². The van der Waals surface area contributed by atoms with E-state index in [0.717, 1.165) is 19.3 Å². The van der Waals surface area contributed by atoms with E-state index in [4.69, 9.17) is 0 Å². The molecule has 1 heterocycles. The number of hydrogen-bond donors (Lipinski definition) is 0. The van der Waals surface area contributed by atoms with Crippen molar-refractivity contribution in [3.63, 3.8) is 0 Å². The number of allylic oxidation sites excluding steroid dienone is 4. The molecule has 3 aliphatic rings. The van der Waals surface area contributed by atoms with E-state index >= 15 is 0 Å². The second kappa shape index (κ2) is 11.8. The molecule has 1 nitrogen and oxygen atoms in total. The van der Waals surface area contributed by atoms with E-state index in [2.05, 4.69) is 177 Å². The molecule has 6 aromatic carbocycles. The minimum Gasteiger partial charge on any atom is -0.310 e. The summed E-state index contributed by atoms with van der Waals surface area (Å²) < 4.78 is 2.75. The van der Waals surface area contributed by atoms with Gasteiger partial charge in [0.2, 0.25) is 0 Å². The Hall–Kier alpha value is -5.44. The summed E-state index contributed by atoms with van der Waals surface area (Å²) in [4.78, 5) is 2.56. The zero-order valence-electron chi connectivity index (χ0n) is 29.1. The number of rotatable bonds is 5. The van der Waals surface area contributed by atoms with Gasteiger partial charge in [0.1, 0.15) is 0 Å². The Balaban J connectivity index is 1.23. The number of aryl methyl sites for hydroxylation is 1. The number of fused-ring (bicyclic) bond motifs is 8. The van der Waals surface area contributed by atoms with Crippen LogP contribution in [0.25, 0.3) is 42.9 Å². The SMILES string of the molecule is CC1(C)c2ccc(N(C3=CC(c4ccccc4)CC(c4ccccc4)=C3)c3cccc4c3C=CCC4)cc2-c2c1ccc1c2sc2ccccc21. The molecule has 7 aromatic rings. The van der Waals surface area contributed by atoms with Gasteiger partial charge in [-0.2, -0.15) is 0 Å². The number of hydrogen-bond acceptors (Lipinski definition) is 2. The lowest BCUT2D eigenvalue weighted by molar-refractivity contribution is 0.661. The summed E-state index contributed by atoms with van der Waals surface area (Å²) in [5, 5.41) is 2.71. The molecule has 0 saturated carbocycles.